The van der Waals surface area contributed by atoms with Crippen molar-refractivity contribution in [1.29, 1.82) is 0 Å². The Morgan fingerprint density at radius 3 is 2.81 bits per heavy atom. The number of carboxylic acid groups (broad SMARTS) is 1. The minimum absolute atomic E-state index is 0.216. The van der Waals surface area contributed by atoms with Gasteiger partial charge in [-0.25, -0.2) is 15.0 Å². The first kappa shape index (κ1) is 19.8. The lowest BCUT2D eigenvalue weighted by atomic mass is 10.1. The number of hydrogen-bond donors (Lipinski definition) is 5. The summed E-state index contributed by atoms with van der Waals surface area (Å²) in [5.74, 6) is 0.254. The summed E-state index contributed by atoms with van der Waals surface area (Å²) in [6.45, 7) is 0. The first-order chi connectivity index (χ1) is 12.8. The lowest BCUT2D eigenvalue weighted by Crippen LogP contribution is -2.37. The third kappa shape index (κ3) is 3.99. The molecule has 0 aromatic carbocycles. The standard InChI is InChI=1S/C15H22N6O5S/c1-27(3-2-7(16)15(24)25)4-8-10(22)11(23)14(26-8)21-6-20-9-12(17)18-5-19-13(9)21/h5-8,10-11,14,22-23H,2-4,16H2,1H3,(H2-,17,18,19,24,25)/p+1/t7-,8-,10-,11+,14-,27?/m0/s1. The summed E-state index contributed by atoms with van der Waals surface area (Å²) in [7, 11) is -0.235. The van der Waals surface area contributed by atoms with Crippen molar-refractivity contribution in [2.45, 2.75) is 37.0 Å². The topological polar surface area (TPSA) is 183 Å². The van der Waals surface area contributed by atoms with Gasteiger partial charge in [0.2, 0.25) is 0 Å². The molecule has 1 unspecified atom stereocenters. The highest BCUT2D eigenvalue weighted by Gasteiger charge is 2.46. The number of fused-ring (bicyclic) bond motifs is 1. The number of nitrogen functional groups attached to an aromatic ring is 1. The summed E-state index contributed by atoms with van der Waals surface area (Å²) < 4.78 is 7.41. The molecule has 3 rings (SSSR count). The summed E-state index contributed by atoms with van der Waals surface area (Å²) >= 11 is 0. The number of aromatic nitrogens is 4. The van der Waals surface area contributed by atoms with Gasteiger partial charge in [0.1, 0.15) is 47.7 Å². The van der Waals surface area contributed by atoms with E-state index in [1.54, 1.807) is 0 Å². The molecule has 11 nitrogen and oxygen atoms in total. The van der Waals surface area contributed by atoms with E-state index in [1.807, 2.05) is 6.26 Å². The molecule has 2 aromatic rings. The Kier molecular flexibility index (Phi) is 5.81. The van der Waals surface area contributed by atoms with Crippen LogP contribution in [0.3, 0.4) is 0 Å². The van der Waals surface area contributed by atoms with Crippen LogP contribution in [0.25, 0.3) is 11.2 Å². The highest BCUT2D eigenvalue weighted by molar-refractivity contribution is 7.96. The number of aliphatic hydroxyl groups excluding tert-OH is 2. The van der Waals surface area contributed by atoms with E-state index in [4.69, 9.17) is 21.3 Å². The fourth-order valence-corrected chi connectivity index (χ4v) is 4.63. The SMILES string of the molecule is C[S+](CC[C@H](N)C(=O)O)C[C@@H]1O[C@H](n2cnc3c(N)ncnc32)[C@H](O)[C@H]1O. The molecule has 1 aliphatic heterocycles. The van der Waals surface area contributed by atoms with Crippen LogP contribution in [0.4, 0.5) is 5.82 Å². The van der Waals surface area contributed by atoms with Crippen LogP contribution >= 0.6 is 0 Å². The fraction of sp³-hybridized carbons (Fsp3) is 0.600. The number of hydrogen-bond acceptors (Lipinski definition) is 9. The van der Waals surface area contributed by atoms with Crippen LogP contribution in [-0.2, 0) is 20.4 Å². The number of aliphatic hydroxyl groups is 2. The second-order valence-corrected chi connectivity index (χ2v) is 8.82. The van der Waals surface area contributed by atoms with E-state index < -0.39 is 36.6 Å². The van der Waals surface area contributed by atoms with E-state index in [0.29, 0.717) is 29.1 Å². The molecule has 27 heavy (non-hydrogen) atoms. The van der Waals surface area contributed by atoms with Gasteiger partial charge in [-0.15, -0.1) is 0 Å². The first-order valence-corrected chi connectivity index (χ1v) is 10.3. The molecular weight excluding hydrogens is 376 g/mol. The van der Waals surface area contributed by atoms with E-state index in [-0.39, 0.29) is 16.7 Å². The Hall–Kier alpha value is -1.99. The Morgan fingerprint density at radius 1 is 1.37 bits per heavy atom. The van der Waals surface area contributed by atoms with Crippen LogP contribution in [0.2, 0.25) is 0 Å². The summed E-state index contributed by atoms with van der Waals surface area (Å²) in [6, 6.07) is -0.907. The van der Waals surface area contributed by atoms with Crippen LogP contribution in [0, 0.1) is 0 Å². The number of carbonyl (C=O) groups is 1. The van der Waals surface area contributed by atoms with Crippen molar-refractivity contribution in [3.05, 3.63) is 12.7 Å². The molecule has 1 saturated heterocycles. The molecule has 0 spiro atoms. The average Bonchev–Trinajstić information content (AvgIpc) is 3.17. The van der Waals surface area contributed by atoms with Gasteiger partial charge >= 0.3 is 5.97 Å². The number of aliphatic carboxylic acids is 1. The van der Waals surface area contributed by atoms with Crippen molar-refractivity contribution in [1.82, 2.24) is 19.5 Å². The van der Waals surface area contributed by atoms with Crippen molar-refractivity contribution in [3.63, 3.8) is 0 Å². The molecule has 1 fully saturated rings. The maximum atomic E-state index is 10.8. The largest absolute Gasteiger partial charge is 0.480 e. The van der Waals surface area contributed by atoms with Crippen molar-refractivity contribution < 1.29 is 24.9 Å². The monoisotopic (exact) mass is 399 g/mol. The summed E-state index contributed by atoms with van der Waals surface area (Å²) in [5, 5.41) is 29.7. The van der Waals surface area contributed by atoms with Crippen LogP contribution in [0.5, 0.6) is 0 Å². The Balaban J connectivity index is 1.68. The molecule has 0 bridgehead atoms. The lowest BCUT2D eigenvalue weighted by molar-refractivity contribution is -0.138. The van der Waals surface area contributed by atoms with Gasteiger partial charge in [-0.2, -0.15) is 0 Å². The van der Waals surface area contributed by atoms with Crippen molar-refractivity contribution in [2.75, 3.05) is 23.5 Å². The number of ether oxygens (including phenoxy) is 1. The van der Waals surface area contributed by atoms with Crippen LogP contribution in [0.15, 0.2) is 12.7 Å². The highest BCUT2D eigenvalue weighted by atomic mass is 32.2. The normalized spacial score (nSPS) is 27.7. The van der Waals surface area contributed by atoms with Gasteiger partial charge < -0.3 is 31.5 Å². The Bertz CT molecular complexity index is 819. The van der Waals surface area contributed by atoms with Gasteiger partial charge in [-0.05, 0) is 10.9 Å². The lowest BCUT2D eigenvalue weighted by Gasteiger charge is -2.16. The minimum atomic E-state index is -1.16. The molecule has 3 heterocycles. The molecule has 2 aromatic heterocycles. The minimum Gasteiger partial charge on any atom is -0.480 e. The zero-order valence-corrected chi connectivity index (χ0v) is 15.5. The molecular formula is C15H23N6O5S+. The van der Waals surface area contributed by atoms with Gasteiger partial charge in [0.25, 0.3) is 0 Å². The van der Waals surface area contributed by atoms with E-state index in [9.17, 15) is 15.0 Å². The van der Waals surface area contributed by atoms with Gasteiger partial charge in [0.05, 0.1) is 12.6 Å². The molecule has 6 atom stereocenters. The molecule has 148 valence electrons. The van der Waals surface area contributed by atoms with Crippen LogP contribution < -0.4 is 11.5 Å². The average molecular weight is 399 g/mol. The van der Waals surface area contributed by atoms with Crippen molar-refractivity contribution in [2.24, 2.45) is 5.73 Å². The quantitative estimate of drug-likeness (QED) is 0.329. The van der Waals surface area contributed by atoms with E-state index in [2.05, 4.69) is 15.0 Å². The summed E-state index contributed by atoms with van der Waals surface area (Å²) in [4.78, 5) is 23.0. The van der Waals surface area contributed by atoms with Crippen LogP contribution in [0.1, 0.15) is 12.6 Å². The van der Waals surface area contributed by atoms with E-state index in [0.717, 1.165) is 0 Å². The van der Waals surface area contributed by atoms with E-state index >= 15 is 0 Å². The second-order valence-electron chi connectivity index (χ2n) is 6.51. The van der Waals surface area contributed by atoms with Gasteiger partial charge in [-0.3, -0.25) is 9.36 Å². The van der Waals surface area contributed by atoms with Gasteiger partial charge in [-0.1, -0.05) is 0 Å². The Morgan fingerprint density at radius 2 is 2.11 bits per heavy atom. The molecule has 0 radical (unpaired) electrons. The molecule has 0 aliphatic carbocycles. The summed E-state index contributed by atoms with van der Waals surface area (Å²) in [6.07, 6.45) is 1.31. The molecule has 0 saturated carbocycles. The number of carboxylic acids is 1. The van der Waals surface area contributed by atoms with Crippen molar-refractivity contribution >= 4 is 33.8 Å². The fourth-order valence-electron chi connectivity index (χ4n) is 2.97. The number of rotatable bonds is 7. The van der Waals surface area contributed by atoms with E-state index in [1.165, 1.54) is 17.2 Å². The smallest absolute Gasteiger partial charge is 0.320 e. The number of nitrogens with zero attached hydrogens (tertiary/aromatic N) is 4. The first-order valence-electron chi connectivity index (χ1n) is 8.31. The number of nitrogens with two attached hydrogens (primary N) is 2. The third-order valence-corrected chi connectivity index (χ3v) is 6.37. The van der Waals surface area contributed by atoms with Gasteiger partial charge in [0.15, 0.2) is 17.7 Å². The number of imidazole rings is 1. The van der Waals surface area contributed by atoms with Crippen molar-refractivity contribution in [3.8, 4) is 0 Å². The summed E-state index contributed by atoms with van der Waals surface area (Å²) in [5.41, 5.74) is 12.1. The molecule has 0 amide bonds. The zero-order chi connectivity index (χ0) is 19.7. The molecule has 7 N–H and O–H groups in total. The van der Waals surface area contributed by atoms with Gasteiger partial charge in [0, 0.05) is 6.42 Å². The maximum absolute atomic E-state index is 10.8. The van der Waals surface area contributed by atoms with Crippen LogP contribution in [-0.4, -0.2) is 82.9 Å². The zero-order valence-electron chi connectivity index (χ0n) is 14.7. The highest BCUT2D eigenvalue weighted by Crippen LogP contribution is 2.32. The third-order valence-electron chi connectivity index (χ3n) is 4.54. The predicted molar refractivity (Wildman–Crippen MR) is 98.9 cm³/mol. The molecule has 12 heteroatoms. The maximum Gasteiger partial charge on any atom is 0.320 e. The predicted octanol–water partition coefficient (Wildman–Crippen LogP) is -1.92. The number of anilines is 1. The molecule has 1 aliphatic rings. The second kappa shape index (κ2) is 7.94. The Labute approximate surface area is 157 Å².